The van der Waals surface area contributed by atoms with Gasteiger partial charge in [0.2, 0.25) is 18.5 Å². The van der Waals surface area contributed by atoms with Crippen LogP contribution in [0.4, 0.5) is 10.5 Å². The lowest BCUT2D eigenvalue weighted by molar-refractivity contribution is -0.271. The molecule has 5 aromatic rings. The summed E-state index contributed by atoms with van der Waals surface area (Å²) in [5.41, 5.74) is 2.24. The quantitative estimate of drug-likeness (QED) is 0.0113. The fourth-order valence-corrected chi connectivity index (χ4v) is 15.6. The maximum atomic E-state index is 15.0. The number of carbonyl (C=O) groups is 10. The molecule has 11 rings (SSSR count). The van der Waals surface area contributed by atoms with Crippen molar-refractivity contribution in [2.75, 3.05) is 138 Å². The fourth-order valence-electron chi connectivity index (χ4n) is 15.6. The van der Waals surface area contributed by atoms with Crippen LogP contribution in [0.25, 0.3) is 0 Å². The summed E-state index contributed by atoms with van der Waals surface area (Å²) in [6.07, 6.45) is -21.8. The minimum Gasteiger partial charge on any atom is -0.493 e. The number of aliphatic carboxylic acids is 3. The molecule has 5 amide bonds. The number of amides is 5. The molecule has 0 radical (unpaired) electrons. The highest BCUT2D eigenvalue weighted by Crippen LogP contribution is 2.45. The summed E-state index contributed by atoms with van der Waals surface area (Å²) < 4.78 is 97.7. The van der Waals surface area contributed by atoms with E-state index in [1.54, 1.807) is 25.1 Å². The van der Waals surface area contributed by atoms with Gasteiger partial charge in [0, 0.05) is 64.6 Å². The highest BCUT2D eigenvalue weighted by atomic mass is 16.7. The normalized spacial score (nSPS) is 22.6. The number of fused-ring (bicyclic) bond motifs is 4. The topological polar surface area (TPSA) is 584 Å². The number of ketones is 1. The molecule has 43 heteroatoms. The van der Waals surface area contributed by atoms with E-state index < -0.39 is 190 Å². The number of aliphatic hydroxyl groups excluding tert-OH is 8. The Morgan fingerprint density at radius 2 is 1.11 bits per heavy atom. The number of carbonyl (C=O) groups excluding carboxylic acids is 7. The SMILES string of the molecule is C=C1C[C@H]2C(O)C(C(=O)OCc3ccc(O[C@@H]4O[C@H](C(=O)O)[C@@H](O)[C@H](O)[C@H]4O)c(C(=O)NCCOCCOCCOC)c3)c3cc(OCc4cc(COc5cc6c(cc5OC)C(=O)N5CC(=C)C[C@H]5C(O)N6C(=O)OCc5ccc(O[C@@H]6OC[C@@H](O)[C@H](O)[C@H]6O)c(C(=O)CCCOC)c5)cc(OCCOCCOCCOCC(=O)NC(CC(=O)O)CC(=O)O)c4)c(C)cc3C(=O)N2C1. The third kappa shape index (κ3) is 26.7. The number of carboxylic acids is 3. The lowest BCUT2D eigenvalue weighted by atomic mass is 9.86. The number of anilines is 1. The van der Waals surface area contributed by atoms with Crippen molar-refractivity contribution < 1.29 is 185 Å². The second kappa shape index (κ2) is 48.4. The highest BCUT2D eigenvalue weighted by molar-refractivity contribution is 6.06. The zero-order valence-electron chi connectivity index (χ0n) is 73.5. The summed E-state index contributed by atoms with van der Waals surface area (Å²) in [6, 6.07) is 15.5. The van der Waals surface area contributed by atoms with E-state index in [1.807, 2.05) is 0 Å². The molecule has 6 aliphatic rings. The molecule has 3 unspecified atom stereocenters. The number of esters is 1. The first-order valence-corrected chi connectivity index (χ1v) is 42.7. The molecule has 0 aromatic heterocycles. The van der Waals surface area contributed by atoms with Crippen LogP contribution in [0.2, 0.25) is 0 Å². The number of hydrogen-bond acceptors (Lipinski definition) is 35. The van der Waals surface area contributed by atoms with Gasteiger partial charge in [0.05, 0.1) is 133 Å². The van der Waals surface area contributed by atoms with Gasteiger partial charge in [-0.25, -0.2) is 14.5 Å². The predicted molar refractivity (Wildman–Crippen MR) is 456 cm³/mol. The van der Waals surface area contributed by atoms with E-state index in [-0.39, 0.29) is 197 Å². The second-order valence-corrected chi connectivity index (χ2v) is 32.1. The molecule has 0 bridgehead atoms. The van der Waals surface area contributed by atoms with Crippen LogP contribution in [-0.4, -0.2) is 345 Å². The van der Waals surface area contributed by atoms with Crippen molar-refractivity contribution in [3.8, 4) is 34.5 Å². The van der Waals surface area contributed by atoms with Gasteiger partial charge in [-0.2, -0.15) is 0 Å². The third-order valence-corrected chi connectivity index (χ3v) is 22.3. The Bertz CT molecular complexity index is 4960. The lowest BCUT2D eigenvalue weighted by Crippen LogP contribution is -2.61. The van der Waals surface area contributed by atoms with Gasteiger partial charge in [-0.3, -0.25) is 38.4 Å². The van der Waals surface area contributed by atoms with Crippen LogP contribution in [0.3, 0.4) is 0 Å². The van der Waals surface area contributed by atoms with Gasteiger partial charge in [-0.15, -0.1) is 0 Å². The number of methoxy groups -OCH3 is 3. The Balaban J connectivity index is 0.845. The van der Waals surface area contributed by atoms with Crippen LogP contribution >= 0.6 is 0 Å². The van der Waals surface area contributed by atoms with E-state index in [0.29, 0.717) is 47.5 Å². The Morgan fingerprint density at radius 1 is 0.534 bits per heavy atom. The monoisotopic (exact) mass is 1870 g/mol. The first-order valence-electron chi connectivity index (χ1n) is 42.7. The van der Waals surface area contributed by atoms with Crippen molar-refractivity contribution in [2.24, 2.45) is 0 Å². The number of hydrogen-bond donors (Lipinski definition) is 13. The van der Waals surface area contributed by atoms with E-state index in [0.717, 1.165) is 4.90 Å². The number of Topliss-reactive ketones (excluding diaryl/α,β-unsaturated/α-hetero) is 1. The van der Waals surface area contributed by atoms with Crippen molar-refractivity contribution in [1.29, 1.82) is 0 Å². The minimum atomic E-state index is -2.07. The van der Waals surface area contributed by atoms with E-state index in [4.69, 9.17) is 90.7 Å². The summed E-state index contributed by atoms with van der Waals surface area (Å²) in [5, 5.41) is 121. The molecule has 0 aliphatic carbocycles. The number of nitrogens with zero attached hydrogens (tertiary/aromatic N) is 3. The zero-order chi connectivity index (χ0) is 95.9. The second-order valence-electron chi connectivity index (χ2n) is 32.1. The van der Waals surface area contributed by atoms with E-state index >= 15 is 4.79 Å². The molecule has 43 nitrogen and oxygen atoms in total. The average Bonchev–Trinajstić information content (AvgIpc) is 1.61. The lowest BCUT2D eigenvalue weighted by Gasteiger charge is -2.38. The summed E-state index contributed by atoms with van der Waals surface area (Å²) in [7, 11) is 4.31. The number of aliphatic hydroxyl groups is 8. The van der Waals surface area contributed by atoms with Gasteiger partial charge in [0.1, 0.15) is 105 Å². The molecule has 133 heavy (non-hydrogen) atoms. The molecule has 4 saturated heterocycles. The largest absolute Gasteiger partial charge is 0.493 e. The first-order chi connectivity index (χ1) is 63.7. The smallest absolute Gasteiger partial charge is 0.416 e. The minimum absolute atomic E-state index is 0.000400. The number of ether oxygens (including phenoxy) is 17. The van der Waals surface area contributed by atoms with Gasteiger partial charge in [0.15, 0.2) is 29.6 Å². The molecule has 724 valence electrons. The zero-order valence-corrected chi connectivity index (χ0v) is 73.5. The van der Waals surface area contributed by atoms with Crippen LogP contribution in [0.5, 0.6) is 34.5 Å². The maximum Gasteiger partial charge on any atom is 0.416 e. The van der Waals surface area contributed by atoms with Gasteiger partial charge in [-0.1, -0.05) is 36.4 Å². The molecular formula is C90H111N5O38. The fraction of sp³-hybridized carbons (Fsp3) is 0.511. The van der Waals surface area contributed by atoms with Crippen LogP contribution < -0.4 is 44.0 Å². The van der Waals surface area contributed by atoms with Crippen molar-refractivity contribution in [3.05, 3.63) is 159 Å². The van der Waals surface area contributed by atoms with Gasteiger partial charge in [-0.05, 0) is 120 Å². The Hall–Kier alpha value is -11.6. The predicted octanol–water partition coefficient (Wildman–Crippen LogP) is 1.35. The van der Waals surface area contributed by atoms with E-state index in [1.165, 1.54) is 91.8 Å². The summed E-state index contributed by atoms with van der Waals surface area (Å²) in [4.78, 5) is 138. The summed E-state index contributed by atoms with van der Waals surface area (Å²) in [6.45, 7) is 8.49. The van der Waals surface area contributed by atoms with Gasteiger partial charge < -0.3 is 157 Å². The van der Waals surface area contributed by atoms with Gasteiger partial charge >= 0.3 is 30.0 Å². The standard InChI is InChI=1S/C90H111N5O38/c1-47-26-62-75(103)74(87(115)128-41-51-10-12-67(132-89-80(108)77(105)78(106)81(133-89)86(113)114)60(33-51)82(109)91-13-15-120-18-19-121-17-16-118-5)56-36-68(49(3)28-57(56)83(110)93(62)39-47)126-43-52-29-53(31-55(30-52)125-25-24-123-21-20-122-22-23-124-46-71(98)92-54(34-72(99)100)35-73(101)102)44-127-70-38-61-58(37-69(70)119-6)84(111)94-40-48(2)27-63(94)85(112)95(61)90(116)130-42-50-9-11-66(59(32-50)64(96)8-7-14-117-4)131-88-79(107)76(104)65(97)45-129-88/h9-12,28-33,36-38,54,62-63,65,74-81,85,88-89,97,103-108,112H,1-2,7-8,13-27,34-35,39-46H2,3-6H3,(H,91,109)(H,92,98)(H,99,100)(H,101,102)(H,113,114)/t62-,63-,65+,74?,75?,76-,77-,78-,79+,80+,81-,85?,88-,89+/m0/s1. The third-order valence-electron chi connectivity index (χ3n) is 22.3. The molecule has 6 heterocycles. The Kier molecular flexibility index (Phi) is 37.1. The maximum absolute atomic E-state index is 15.0. The highest BCUT2D eigenvalue weighted by Gasteiger charge is 2.52. The first kappa shape index (κ1) is 102. The average molecular weight is 1870 g/mol. The molecule has 0 saturated carbocycles. The van der Waals surface area contributed by atoms with Crippen LogP contribution in [0.1, 0.15) is 119 Å². The van der Waals surface area contributed by atoms with Gasteiger partial charge in [0.25, 0.3) is 17.7 Å². The number of nitrogens with one attached hydrogen (secondary N) is 2. The summed E-state index contributed by atoms with van der Waals surface area (Å²) >= 11 is 0. The van der Waals surface area contributed by atoms with Crippen LogP contribution in [0, 0.1) is 6.92 Å². The van der Waals surface area contributed by atoms with Crippen molar-refractivity contribution >= 4 is 65.1 Å². The van der Waals surface area contributed by atoms with Crippen molar-refractivity contribution in [1.82, 2.24) is 20.4 Å². The number of rotatable bonds is 49. The molecule has 14 atom stereocenters. The Morgan fingerprint density at radius 3 is 1.74 bits per heavy atom. The molecular weight excluding hydrogens is 1760 g/mol. The summed E-state index contributed by atoms with van der Waals surface area (Å²) in [5.74, 6) is -10.1. The molecule has 4 fully saturated rings. The van der Waals surface area contributed by atoms with Crippen molar-refractivity contribution in [2.45, 2.75) is 164 Å². The number of aryl methyl sites for hydroxylation is 1. The number of carboxylic acid groups (broad SMARTS) is 3. The van der Waals surface area contributed by atoms with Crippen molar-refractivity contribution in [3.63, 3.8) is 0 Å². The van der Waals surface area contributed by atoms with E-state index in [2.05, 4.69) is 23.8 Å². The number of benzene rings is 5. The molecule has 5 aromatic carbocycles. The van der Waals surface area contributed by atoms with E-state index in [9.17, 15) is 89.1 Å². The Labute approximate surface area is 762 Å². The molecule has 0 spiro atoms. The van der Waals surface area contributed by atoms with Crippen LogP contribution in [-0.2, 0) is 103 Å². The molecule has 13 N–H and O–H groups in total. The molecule has 6 aliphatic heterocycles. The van der Waals surface area contributed by atoms with Crippen LogP contribution in [0.15, 0.2) is 103 Å².